The Morgan fingerprint density at radius 3 is 2.15 bits per heavy atom. The molecule has 0 amide bonds. The SMILES string of the molecule is Oc1ccccc1C=Nc1cc2ccccc2cc1O. The Balaban J connectivity index is 2.02. The van der Waals surface area contributed by atoms with Crippen molar-refractivity contribution >= 4 is 22.7 Å². The fourth-order valence-corrected chi connectivity index (χ4v) is 2.06. The molecule has 3 nitrogen and oxygen atoms in total. The van der Waals surface area contributed by atoms with Gasteiger partial charge in [0.2, 0.25) is 0 Å². The van der Waals surface area contributed by atoms with E-state index in [2.05, 4.69) is 4.99 Å². The molecule has 0 aliphatic carbocycles. The molecule has 3 heteroatoms. The maximum atomic E-state index is 9.98. The number of hydrogen-bond donors (Lipinski definition) is 2. The van der Waals surface area contributed by atoms with Crippen LogP contribution in [0.5, 0.6) is 11.5 Å². The molecule has 0 saturated heterocycles. The monoisotopic (exact) mass is 263 g/mol. The van der Waals surface area contributed by atoms with Gasteiger partial charge in [0.25, 0.3) is 0 Å². The Kier molecular flexibility index (Phi) is 3.09. The highest BCUT2D eigenvalue weighted by Crippen LogP contribution is 2.31. The summed E-state index contributed by atoms with van der Waals surface area (Å²) in [7, 11) is 0. The Hall–Kier alpha value is -2.81. The molecule has 3 aromatic carbocycles. The van der Waals surface area contributed by atoms with E-state index in [0.717, 1.165) is 10.8 Å². The number of phenols is 2. The maximum absolute atomic E-state index is 9.98. The van der Waals surface area contributed by atoms with Gasteiger partial charge in [0.1, 0.15) is 17.2 Å². The fourth-order valence-electron chi connectivity index (χ4n) is 2.06. The number of hydrogen-bond acceptors (Lipinski definition) is 3. The van der Waals surface area contributed by atoms with Gasteiger partial charge in [0.15, 0.2) is 0 Å². The van der Waals surface area contributed by atoms with Gasteiger partial charge in [-0.15, -0.1) is 0 Å². The van der Waals surface area contributed by atoms with E-state index in [1.807, 2.05) is 36.4 Å². The lowest BCUT2D eigenvalue weighted by Crippen LogP contribution is -1.81. The molecule has 0 aliphatic rings. The number of rotatable bonds is 2. The number of para-hydroxylation sites is 1. The molecule has 0 spiro atoms. The van der Waals surface area contributed by atoms with Gasteiger partial charge in [-0.1, -0.05) is 36.4 Å². The topological polar surface area (TPSA) is 52.8 Å². The predicted octanol–water partition coefficient (Wildman–Crippen LogP) is 4.00. The van der Waals surface area contributed by atoms with Crippen LogP contribution in [0.4, 0.5) is 5.69 Å². The standard InChI is InChI=1S/C17H13NO2/c19-16-8-4-3-7-14(16)11-18-15-9-12-5-1-2-6-13(12)10-17(15)20/h1-11,19-20H. The first-order valence-electron chi connectivity index (χ1n) is 6.28. The van der Waals surface area contributed by atoms with E-state index in [9.17, 15) is 10.2 Å². The van der Waals surface area contributed by atoms with Crippen LogP contribution in [0.3, 0.4) is 0 Å². The summed E-state index contributed by atoms with van der Waals surface area (Å²) >= 11 is 0. The lowest BCUT2D eigenvalue weighted by Gasteiger charge is -2.03. The summed E-state index contributed by atoms with van der Waals surface area (Å²) in [6.45, 7) is 0. The van der Waals surface area contributed by atoms with Gasteiger partial charge in [0.05, 0.1) is 0 Å². The van der Waals surface area contributed by atoms with Crippen LogP contribution in [0, 0.1) is 0 Å². The normalized spacial score (nSPS) is 11.2. The maximum Gasteiger partial charge on any atom is 0.141 e. The van der Waals surface area contributed by atoms with E-state index in [4.69, 9.17) is 0 Å². The predicted molar refractivity (Wildman–Crippen MR) is 81.0 cm³/mol. The van der Waals surface area contributed by atoms with Crippen LogP contribution in [0.15, 0.2) is 65.7 Å². The van der Waals surface area contributed by atoms with Crippen molar-refractivity contribution in [3.05, 3.63) is 66.2 Å². The first kappa shape index (κ1) is 12.2. The van der Waals surface area contributed by atoms with Crippen molar-refractivity contribution in [2.45, 2.75) is 0 Å². The molecule has 98 valence electrons. The molecule has 2 N–H and O–H groups in total. The van der Waals surface area contributed by atoms with Crippen molar-refractivity contribution in [1.82, 2.24) is 0 Å². The molecule has 0 atom stereocenters. The van der Waals surface area contributed by atoms with E-state index in [-0.39, 0.29) is 11.5 Å². The third-order valence-electron chi connectivity index (χ3n) is 3.12. The summed E-state index contributed by atoms with van der Waals surface area (Å²) in [5.41, 5.74) is 1.09. The Bertz CT molecular complexity index is 794. The van der Waals surface area contributed by atoms with Crippen molar-refractivity contribution < 1.29 is 10.2 Å². The fraction of sp³-hybridized carbons (Fsp3) is 0. The summed E-state index contributed by atoms with van der Waals surface area (Å²) in [5.74, 6) is 0.284. The van der Waals surface area contributed by atoms with Crippen molar-refractivity contribution in [2.75, 3.05) is 0 Å². The van der Waals surface area contributed by atoms with E-state index in [1.54, 1.807) is 30.5 Å². The first-order chi connectivity index (χ1) is 9.74. The number of nitrogens with zero attached hydrogens (tertiary/aromatic N) is 1. The molecule has 0 aliphatic heterocycles. The minimum atomic E-state index is 0.121. The molecule has 0 fully saturated rings. The number of aliphatic imine (C=N–C) groups is 1. The van der Waals surface area contributed by atoms with Crippen molar-refractivity contribution in [3.8, 4) is 11.5 Å². The molecule has 0 aromatic heterocycles. The van der Waals surface area contributed by atoms with Crippen LogP contribution in [-0.2, 0) is 0 Å². The van der Waals surface area contributed by atoms with E-state index in [1.165, 1.54) is 0 Å². The molecular formula is C17H13NO2. The van der Waals surface area contributed by atoms with Gasteiger partial charge in [-0.2, -0.15) is 0 Å². The highest BCUT2D eigenvalue weighted by atomic mass is 16.3. The molecule has 0 heterocycles. The average molecular weight is 263 g/mol. The molecule has 0 saturated carbocycles. The second kappa shape index (κ2) is 5.05. The summed E-state index contributed by atoms with van der Waals surface area (Å²) < 4.78 is 0. The van der Waals surface area contributed by atoms with E-state index >= 15 is 0 Å². The average Bonchev–Trinajstić information content (AvgIpc) is 2.46. The number of phenolic OH excluding ortho intramolecular Hbond substituents is 2. The second-order valence-corrected chi connectivity index (χ2v) is 4.51. The summed E-state index contributed by atoms with van der Waals surface area (Å²) in [4.78, 5) is 4.25. The van der Waals surface area contributed by atoms with Crippen LogP contribution in [0.1, 0.15) is 5.56 Å². The van der Waals surface area contributed by atoms with Gasteiger partial charge in [-0.05, 0) is 35.0 Å². The van der Waals surface area contributed by atoms with Crippen LogP contribution in [-0.4, -0.2) is 16.4 Å². The largest absolute Gasteiger partial charge is 0.507 e. The summed E-state index contributed by atoms with van der Waals surface area (Å²) in [6, 6.07) is 18.2. The van der Waals surface area contributed by atoms with Crippen molar-refractivity contribution in [1.29, 1.82) is 0 Å². The Morgan fingerprint density at radius 2 is 1.40 bits per heavy atom. The van der Waals surface area contributed by atoms with Gasteiger partial charge in [-0.25, -0.2) is 0 Å². The molecule has 3 rings (SSSR count). The van der Waals surface area contributed by atoms with Crippen LogP contribution >= 0.6 is 0 Å². The van der Waals surface area contributed by atoms with Gasteiger partial charge in [-0.3, -0.25) is 4.99 Å². The molecule has 0 unspecified atom stereocenters. The van der Waals surface area contributed by atoms with Crippen molar-refractivity contribution in [2.24, 2.45) is 4.99 Å². The molecule has 0 radical (unpaired) electrons. The zero-order valence-corrected chi connectivity index (χ0v) is 10.7. The lowest BCUT2D eigenvalue weighted by molar-refractivity contribution is 0.474. The minimum Gasteiger partial charge on any atom is -0.507 e. The molecular weight excluding hydrogens is 250 g/mol. The van der Waals surface area contributed by atoms with E-state index < -0.39 is 0 Å². The van der Waals surface area contributed by atoms with Gasteiger partial charge in [0, 0.05) is 11.8 Å². The van der Waals surface area contributed by atoms with Gasteiger partial charge >= 0.3 is 0 Å². The zero-order chi connectivity index (χ0) is 13.9. The highest BCUT2D eigenvalue weighted by molar-refractivity contribution is 5.91. The summed E-state index contributed by atoms with van der Waals surface area (Å²) in [6.07, 6.45) is 1.54. The molecule has 20 heavy (non-hydrogen) atoms. The Morgan fingerprint density at radius 1 is 0.750 bits per heavy atom. The number of benzene rings is 3. The molecule has 3 aromatic rings. The van der Waals surface area contributed by atoms with Crippen LogP contribution in [0.2, 0.25) is 0 Å². The highest BCUT2D eigenvalue weighted by Gasteiger charge is 2.02. The number of aromatic hydroxyl groups is 2. The third-order valence-corrected chi connectivity index (χ3v) is 3.12. The van der Waals surface area contributed by atoms with Gasteiger partial charge < -0.3 is 10.2 Å². The Labute approximate surface area is 116 Å². The van der Waals surface area contributed by atoms with E-state index in [0.29, 0.717) is 11.3 Å². The quantitative estimate of drug-likeness (QED) is 0.686. The zero-order valence-electron chi connectivity index (χ0n) is 10.7. The minimum absolute atomic E-state index is 0.121. The lowest BCUT2D eigenvalue weighted by atomic mass is 10.1. The second-order valence-electron chi connectivity index (χ2n) is 4.51. The molecule has 0 bridgehead atoms. The smallest absolute Gasteiger partial charge is 0.141 e. The van der Waals surface area contributed by atoms with Crippen LogP contribution < -0.4 is 0 Å². The van der Waals surface area contributed by atoms with Crippen LogP contribution in [0.25, 0.3) is 10.8 Å². The number of fused-ring (bicyclic) bond motifs is 1. The first-order valence-corrected chi connectivity index (χ1v) is 6.28. The van der Waals surface area contributed by atoms with Crippen molar-refractivity contribution in [3.63, 3.8) is 0 Å². The third kappa shape index (κ3) is 2.34. The summed E-state index contributed by atoms with van der Waals surface area (Å²) in [5, 5.41) is 21.6.